The fourth-order valence-electron chi connectivity index (χ4n) is 5.10. The molecular formula is C18H33ClN2O. The van der Waals surface area contributed by atoms with Crippen LogP contribution in [0.1, 0.15) is 71.1 Å². The highest BCUT2D eigenvalue weighted by Crippen LogP contribution is 2.42. The highest BCUT2D eigenvalue weighted by molar-refractivity contribution is 5.85. The molecular weight excluding hydrogens is 296 g/mol. The van der Waals surface area contributed by atoms with Crippen molar-refractivity contribution in [3.05, 3.63) is 0 Å². The molecule has 3 rings (SSSR count). The zero-order chi connectivity index (χ0) is 14.8. The summed E-state index contributed by atoms with van der Waals surface area (Å²) in [5, 5.41) is 3.34. The van der Waals surface area contributed by atoms with E-state index in [4.69, 9.17) is 5.73 Å². The van der Waals surface area contributed by atoms with Gasteiger partial charge in [0, 0.05) is 18.0 Å². The minimum absolute atomic E-state index is 0. The van der Waals surface area contributed by atoms with Crippen molar-refractivity contribution in [1.82, 2.24) is 5.32 Å². The maximum Gasteiger partial charge on any atom is 0.223 e. The first kappa shape index (κ1) is 18.1. The summed E-state index contributed by atoms with van der Waals surface area (Å²) in [5.41, 5.74) is 6.33. The first-order chi connectivity index (χ1) is 10.1. The Morgan fingerprint density at radius 3 is 2.18 bits per heavy atom. The topological polar surface area (TPSA) is 55.1 Å². The van der Waals surface area contributed by atoms with Gasteiger partial charge in [0.2, 0.25) is 5.91 Å². The van der Waals surface area contributed by atoms with Crippen LogP contribution in [0.15, 0.2) is 0 Å². The number of fused-ring (bicyclic) bond motifs is 2. The lowest BCUT2D eigenvalue weighted by molar-refractivity contribution is -0.129. The van der Waals surface area contributed by atoms with Gasteiger partial charge in [0.25, 0.3) is 0 Å². The van der Waals surface area contributed by atoms with Crippen molar-refractivity contribution in [3.8, 4) is 0 Å². The van der Waals surface area contributed by atoms with E-state index in [1.54, 1.807) is 0 Å². The van der Waals surface area contributed by atoms with Crippen LogP contribution in [-0.2, 0) is 4.79 Å². The van der Waals surface area contributed by atoms with Gasteiger partial charge in [-0.05, 0) is 63.2 Å². The molecule has 3 aliphatic rings. The molecule has 0 heterocycles. The van der Waals surface area contributed by atoms with E-state index in [0.29, 0.717) is 35.7 Å². The van der Waals surface area contributed by atoms with Crippen LogP contribution in [0.3, 0.4) is 0 Å². The van der Waals surface area contributed by atoms with Crippen molar-refractivity contribution >= 4 is 18.3 Å². The van der Waals surface area contributed by atoms with Crippen LogP contribution in [-0.4, -0.2) is 18.0 Å². The third-order valence-corrected chi connectivity index (χ3v) is 6.51. The largest absolute Gasteiger partial charge is 0.353 e. The molecule has 0 aliphatic heterocycles. The number of hydrogen-bond acceptors (Lipinski definition) is 2. The summed E-state index contributed by atoms with van der Waals surface area (Å²) >= 11 is 0. The lowest BCUT2D eigenvalue weighted by Gasteiger charge is -2.44. The summed E-state index contributed by atoms with van der Waals surface area (Å²) < 4.78 is 0. The van der Waals surface area contributed by atoms with Gasteiger partial charge >= 0.3 is 0 Å². The Balaban J connectivity index is 0.00000176. The number of nitrogens with one attached hydrogen (secondary N) is 1. The van der Waals surface area contributed by atoms with E-state index in [2.05, 4.69) is 12.2 Å². The quantitative estimate of drug-likeness (QED) is 0.831. The summed E-state index contributed by atoms with van der Waals surface area (Å²) in [6, 6.07) is 0.715. The number of halogens is 1. The van der Waals surface area contributed by atoms with Gasteiger partial charge in [0.15, 0.2) is 0 Å². The molecule has 1 amide bonds. The molecule has 4 heteroatoms. The first-order valence-corrected chi connectivity index (χ1v) is 9.21. The Hall–Kier alpha value is -0.280. The second-order valence-electron chi connectivity index (χ2n) is 7.89. The third kappa shape index (κ3) is 3.97. The summed E-state index contributed by atoms with van der Waals surface area (Å²) in [6.07, 6.45) is 12.5. The molecule has 3 N–H and O–H groups in total. The summed E-state index contributed by atoms with van der Waals surface area (Å²) in [6.45, 7) is 2.21. The summed E-state index contributed by atoms with van der Waals surface area (Å²) in [5.74, 6) is 2.44. The molecule has 3 unspecified atom stereocenters. The van der Waals surface area contributed by atoms with Crippen molar-refractivity contribution in [2.75, 3.05) is 0 Å². The van der Waals surface area contributed by atoms with Crippen molar-refractivity contribution in [2.45, 2.75) is 83.2 Å². The Morgan fingerprint density at radius 2 is 1.59 bits per heavy atom. The molecule has 3 nitrogen and oxygen atoms in total. The van der Waals surface area contributed by atoms with Crippen molar-refractivity contribution in [2.24, 2.45) is 29.4 Å². The lowest BCUT2D eigenvalue weighted by Crippen LogP contribution is -2.50. The molecule has 0 aromatic heterocycles. The molecule has 128 valence electrons. The molecule has 2 bridgehead atoms. The number of carbonyl (C=O) groups is 1. The number of hydrogen-bond donors (Lipinski definition) is 2. The second kappa shape index (κ2) is 8.01. The van der Waals surface area contributed by atoms with Crippen LogP contribution in [0.4, 0.5) is 0 Å². The Kier molecular flexibility index (Phi) is 6.58. The summed E-state index contributed by atoms with van der Waals surface area (Å²) in [7, 11) is 0. The second-order valence-corrected chi connectivity index (χ2v) is 7.89. The molecule has 3 fully saturated rings. The van der Waals surface area contributed by atoms with Crippen LogP contribution in [0.5, 0.6) is 0 Å². The van der Waals surface area contributed by atoms with Crippen molar-refractivity contribution in [3.63, 3.8) is 0 Å². The van der Waals surface area contributed by atoms with E-state index in [1.807, 2.05) is 0 Å². The van der Waals surface area contributed by atoms with E-state index in [9.17, 15) is 4.79 Å². The van der Waals surface area contributed by atoms with Crippen LogP contribution in [0, 0.1) is 23.7 Å². The van der Waals surface area contributed by atoms with E-state index in [-0.39, 0.29) is 18.3 Å². The molecule has 0 spiro atoms. The maximum atomic E-state index is 12.6. The van der Waals surface area contributed by atoms with Gasteiger partial charge in [0.1, 0.15) is 0 Å². The van der Waals surface area contributed by atoms with Crippen molar-refractivity contribution < 1.29 is 4.79 Å². The van der Waals surface area contributed by atoms with Gasteiger partial charge in [-0.3, -0.25) is 4.79 Å². The normalized spacial score (nSPS) is 37.0. The Labute approximate surface area is 141 Å². The fourth-order valence-corrected chi connectivity index (χ4v) is 5.10. The predicted octanol–water partition coefficient (Wildman–Crippen LogP) is 3.65. The van der Waals surface area contributed by atoms with Gasteiger partial charge in [-0.25, -0.2) is 0 Å². The molecule has 0 radical (unpaired) electrons. The monoisotopic (exact) mass is 328 g/mol. The highest BCUT2D eigenvalue weighted by Gasteiger charge is 2.40. The average molecular weight is 329 g/mol. The molecule has 0 saturated heterocycles. The first-order valence-electron chi connectivity index (χ1n) is 9.21. The third-order valence-electron chi connectivity index (χ3n) is 6.51. The van der Waals surface area contributed by atoms with Crippen LogP contribution in [0.25, 0.3) is 0 Å². The summed E-state index contributed by atoms with van der Waals surface area (Å²) in [4.78, 5) is 12.6. The van der Waals surface area contributed by atoms with Gasteiger partial charge < -0.3 is 11.1 Å². The van der Waals surface area contributed by atoms with Gasteiger partial charge in [0.05, 0.1) is 0 Å². The van der Waals surface area contributed by atoms with E-state index in [1.165, 1.54) is 51.4 Å². The van der Waals surface area contributed by atoms with E-state index >= 15 is 0 Å². The number of rotatable bonds is 3. The average Bonchev–Trinajstić information content (AvgIpc) is 2.47. The minimum atomic E-state index is 0. The zero-order valence-corrected chi connectivity index (χ0v) is 14.7. The fraction of sp³-hybridized carbons (Fsp3) is 0.944. The van der Waals surface area contributed by atoms with Crippen LogP contribution >= 0.6 is 12.4 Å². The van der Waals surface area contributed by atoms with Gasteiger partial charge in [-0.2, -0.15) is 0 Å². The standard InChI is InChI=1S/C18H32N2O.ClH/c1-12(13-6-3-2-4-7-13)20-18(21)16-10-14-8-5-9-15(11-16)17(14)19;/h12-17H,2-11,19H2,1H3,(H,20,21);1H. The van der Waals surface area contributed by atoms with Crippen LogP contribution < -0.4 is 11.1 Å². The van der Waals surface area contributed by atoms with Crippen LogP contribution in [0.2, 0.25) is 0 Å². The molecule has 3 atom stereocenters. The van der Waals surface area contributed by atoms with E-state index in [0.717, 1.165) is 12.8 Å². The lowest BCUT2D eigenvalue weighted by atomic mass is 9.65. The number of nitrogens with two attached hydrogens (primary N) is 1. The minimum Gasteiger partial charge on any atom is -0.353 e. The molecule has 0 aromatic rings. The van der Waals surface area contributed by atoms with Crippen molar-refractivity contribution in [1.29, 1.82) is 0 Å². The molecule has 0 aromatic carbocycles. The molecule has 22 heavy (non-hydrogen) atoms. The maximum absolute atomic E-state index is 12.6. The smallest absolute Gasteiger partial charge is 0.223 e. The number of carbonyl (C=O) groups excluding carboxylic acids is 1. The predicted molar refractivity (Wildman–Crippen MR) is 93.0 cm³/mol. The highest BCUT2D eigenvalue weighted by atomic mass is 35.5. The molecule has 3 saturated carbocycles. The Morgan fingerprint density at radius 1 is 1.00 bits per heavy atom. The SMILES string of the molecule is CC(NC(=O)C1CC2CCCC(C1)C2N)C1CCCCC1.Cl. The van der Waals surface area contributed by atoms with Gasteiger partial charge in [-0.15, -0.1) is 12.4 Å². The zero-order valence-electron chi connectivity index (χ0n) is 13.9. The Bertz CT molecular complexity index is 356. The van der Waals surface area contributed by atoms with E-state index < -0.39 is 0 Å². The number of amides is 1. The molecule has 3 aliphatic carbocycles. The van der Waals surface area contributed by atoms with Gasteiger partial charge in [-0.1, -0.05) is 25.7 Å².